The van der Waals surface area contributed by atoms with E-state index in [1.807, 2.05) is 19.1 Å². The fourth-order valence-electron chi connectivity index (χ4n) is 1.86. The maximum atomic E-state index is 11.8. The Bertz CT molecular complexity index is 435. The molecule has 0 fully saturated rings. The average molecular weight is 269 g/mol. The Morgan fingerprint density at radius 2 is 1.67 bits per heavy atom. The van der Waals surface area contributed by atoms with Crippen LogP contribution in [-0.4, -0.2) is 20.8 Å². The molecule has 1 aromatic carbocycles. The summed E-state index contributed by atoms with van der Waals surface area (Å²) in [5, 5.41) is 10.3. The number of aryl methyl sites for hydroxylation is 1. The standard InChI is InChI=1S/C14H21O3S/c1-2-12-18(16,17)14-9-7-13(8-10-14)6-4-3-5-11-15/h7-10H,2-6,11-12H2,1H3. The molecular formula is C14H21O3S. The number of hydrogen-bond acceptors (Lipinski definition) is 2. The Morgan fingerprint density at radius 1 is 1.00 bits per heavy atom. The Balaban J connectivity index is 2.57. The zero-order valence-electron chi connectivity index (χ0n) is 10.9. The maximum absolute atomic E-state index is 11.8. The highest BCUT2D eigenvalue weighted by Gasteiger charge is 2.12. The molecular weight excluding hydrogens is 248 g/mol. The number of sulfone groups is 1. The lowest BCUT2D eigenvalue weighted by Gasteiger charge is -2.05. The highest BCUT2D eigenvalue weighted by molar-refractivity contribution is 7.91. The van der Waals surface area contributed by atoms with Gasteiger partial charge in [0, 0.05) is 0 Å². The highest BCUT2D eigenvalue weighted by Crippen LogP contribution is 2.15. The quantitative estimate of drug-likeness (QED) is 0.681. The van der Waals surface area contributed by atoms with Gasteiger partial charge in [0.25, 0.3) is 0 Å². The third-order valence-corrected chi connectivity index (χ3v) is 4.80. The van der Waals surface area contributed by atoms with Gasteiger partial charge in [0.2, 0.25) is 0 Å². The lowest BCUT2D eigenvalue weighted by atomic mass is 10.1. The van der Waals surface area contributed by atoms with E-state index in [4.69, 9.17) is 0 Å². The van der Waals surface area contributed by atoms with Crippen LogP contribution in [0.15, 0.2) is 29.2 Å². The van der Waals surface area contributed by atoms with E-state index < -0.39 is 9.84 Å². The normalized spacial score (nSPS) is 11.7. The van der Waals surface area contributed by atoms with E-state index in [1.165, 1.54) is 0 Å². The minimum Gasteiger partial charge on any atom is -0.237 e. The molecule has 0 aliphatic carbocycles. The molecule has 0 spiro atoms. The van der Waals surface area contributed by atoms with Crippen molar-refractivity contribution in [1.82, 2.24) is 0 Å². The first kappa shape index (κ1) is 15.2. The number of hydrogen-bond donors (Lipinski definition) is 0. The monoisotopic (exact) mass is 269 g/mol. The summed E-state index contributed by atoms with van der Waals surface area (Å²) in [5.74, 6) is 0.204. The summed E-state index contributed by atoms with van der Waals surface area (Å²) >= 11 is 0. The minimum atomic E-state index is -3.10. The van der Waals surface area contributed by atoms with Crippen molar-refractivity contribution >= 4 is 9.84 Å². The fraction of sp³-hybridized carbons (Fsp3) is 0.571. The van der Waals surface area contributed by atoms with E-state index in [-0.39, 0.29) is 12.4 Å². The minimum absolute atomic E-state index is 0.00575. The van der Waals surface area contributed by atoms with Gasteiger partial charge >= 0.3 is 0 Å². The van der Waals surface area contributed by atoms with Crippen molar-refractivity contribution in [1.29, 1.82) is 0 Å². The van der Waals surface area contributed by atoms with Gasteiger partial charge in [-0.1, -0.05) is 25.5 Å². The van der Waals surface area contributed by atoms with Crippen molar-refractivity contribution in [3.8, 4) is 0 Å². The lowest BCUT2D eigenvalue weighted by molar-refractivity contribution is 0.186. The second-order valence-electron chi connectivity index (χ2n) is 4.48. The zero-order valence-corrected chi connectivity index (χ0v) is 11.7. The fourth-order valence-corrected chi connectivity index (χ4v) is 3.18. The van der Waals surface area contributed by atoms with Gasteiger partial charge in [-0.25, -0.2) is 13.5 Å². The van der Waals surface area contributed by atoms with Gasteiger partial charge in [0.05, 0.1) is 17.3 Å². The van der Waals surface area contributed by atoms with Crippen molar-refractivity contribution in [3.05, 3.63) is 29.8 Å². The van der Waals surface area contributed by atoms with Crippen molar-refractivity contribution < 1.29 is 13.5 Å². The predicted octanol–water partition coefficient (Wildman–Crippen LogP) is 3.01. The second-order valence-corrected chi connectivity index (χ2v) is 6.59. The topological polar surface area (TPSA) is 54.0 Å². The van der Waals surface area contributed by atoms with Crippen LogP contribution in [0.3, 0.4) is 0 Å². The van der Waals surface area contributed by atoms with Crippen LogP contribution in [0.2, 0.25) is 0 Å². The van der Waals surface area contributed by atoms with Gasteiger partial charge in [0.15, 0.2) is 9.84 Å². The zero-order chi connectivity index (χ0) is 13.4. The first-order chi connectivity index (χ1) is 8.60. The molecule has 0 saturated carbocycles. The molecule has 0 bridgehead atoms. The molecule has 3 nitrogen and oxygen atoms in total. The Kier molecular flexibility index (Phi) is 6.36. The molecule has 1 aromatic rings. The van der Waals surface area contributed by atoms with E-state index >= 15 is 0 Å². The largest absolute Gasteiger partial charge is 0.237 e. The van der Waals surface area contributed by atoms with Crippen LogP contribution in [-0.2, 0) is 21.4 Å². The molecule has 0 aliphatic heterocycles. The summed E-state index contributed by atoms with van der Waals surface area (Å²) in [7, 11) is -3.10. The SMILES string of the molecule is CCCS(=O)(=O)c1ccc(CCCCC[O])cc1. The van der Waals surface area contributed by atoms with Gasteiger partial charge in [-0.3, -0.25) is 0 Å². The van der Waals surface area contributed by atoms with Crippen LogP contribution in [0.5, 0.6) is 0 Å². The Morgan fingerprint density at radius 3 is 2.22 bits per heavy atom. The van der Waals surface area contributed by atoms with E-state index in [0.29, 0.717) is 11.3 Å². The van der Waals surface area contributed by atoms with Gasteiger partial charge in [-0.05, 0) is 43.4 Å². The molecule has 0 aliphatic rings. The van der Waals surface area contributed by atoms with Crippen LogP contribution >= 0.6 is 0 Å². The first-order valence-electron chi connectivity index (χ1n) is 6.50. The third-order valence-electron chi connectivity index (χ3n) is 2.87. The predicted molar refractivity (Wildman–Crippen MR) is 71.9 cm³/mol. The van der Waals surface area contributed by atoms with E-state index in [9.17, 15) is 13.5 Å². The van der Waals surface area contributed by atoms with Crippen molar-refractivity contribution in [2.75, 3.05) is 12.4 Å². The summed E-state index contributed by atoms with van der Waals surface area (Å²) in [6.45, 7) is 1.86. The molecule has 0 atom stereocenters. The van der Waals surface area contributed by atoms with Crippen LogP contribution in [0.25, 0.3) is 0 Å². The third kappa shape index (κ3) is 4.78. The molecule has 0 amide bonds. The second kappa shape index (κ2) is 7.54. The van der Waals surface area contributed by atoms with Crippen LogP contribution in [0.4, 0.5) is 0 Å². The molecule has 18 heavy (non-hydrogen) atoms. The van der Waals surface area contributed by atoms with Gasteiger partial charge in [0.1, 0.15) is 0 Å². The van der Waals surface area contributed by atoms with Crippen molar-refractivity contribution in [2.24, 2.45) is 0 Å². The molecule has 1 radical (unpaired) electrons. The summed E-state index contributed by atoms with van der Waals surface area (Å²) in [6, 6.07) is 7.13. The summed E-state index contributed by atoms with van der Waals surface area (Å²) in [6.07, 6.45) is 4.21. The molecule has 1 rings (SSSR count). The van der Waals surface area contributed by atoms with Crippen molar-refractivity contribution in [3.63, 3.8) is 0 Å². The summed E-state index contributed by atoms with van der Waals surface area (Å²) in [4.78, 5) is 0.410. The van der Waals surface area contributed by atoms with Gasteiger partial charge in [-0.15, -0.1) is 0 Å². The van der Waals surface area contributed by atoms with Gasteiger partial charge in [-0.2, -0.15) is 0 Å². The van der Waals surface area contributed by atoms with Crippen molar-refractivity contribution in [2.45, 2.75) is 43.9 Å². The molecule has 0 N–H and O–H groups in total. The molecule has 101 valence electrons. The number of rotatable bonds is 8. The highest BCUT2D eigenvalue weighted by atomic mass is 32.2. The van der Waals surface area contributed by atoms with Crippen LogP contribution in [0, 0.1) is 0 Å². The number of benzene rings is 1. The molecule has 0 heterocycles. The van der Waals surface area contributed by atoms with Crippen LogP contribution in [0.1, 0.15) is 38.2 Å². The van der Waals surface area contributed by atoms with E-state index in [1.54, 1.807) is 12.1 Å². The first-order valence-corrected chi connectivity index (χ1v) is 8.15. The van der Waals surface area contributed by atoms with E-state index in [0.717, 1.165) is 31.2 Å². The maximum Gasteiger partial charge on any atom is 0.178 e. The smallest absolute Gasteiger partial charge is 0.178 e. The molecule has 0 aromatic heterocycles. The molecule has 4 heteroatoms. The lowest BCUT2D eigenvalue weighted by Crippen LogP contribution is -2.05. The number of unbranched alkanes of at least 4 members (excludes halogenated alkanes) is 2. The van der Waals surface area contributed by atoms with Gasteiger partial charge < -0.3 is 0 Å². The van der Waals surface area contributed by atoms with Crippen LogP contribution < -0.4 is 0 Å². The Labute approximate surface area is 110 Å². The molecule has 0 unspecified atom stereocenters. The molecule has 0 saturated heterocycles. The average Bonchev–Trinajstić information content (AvgIpc) is 2.35. The Hall–Kier alpha value is -0.870. The van der Waals surface area contributed by atoms with E-state index in [2.05, 4.69) is 0 Å². The summed E-state index contributed by atoms with van der Waals surface area (Å²) < 4.78 is 23.6. The summed E-state index contributed by atoms with van der Waals surface area (Å²) in [5.41, 5.74) is 1.14.